The SMILES string of the molecule is O=C(O)CCC(C(=O)O)n1c(O)cc(=O)n(C(CCCCNC(=O)CCCCn2cc(CCCF)nn2)C(=O)O)c1=O. The molecule has 0 spiro atoms. The Kier molecular flexibility index (Phi) is 13.3. The van der Waals surface area contributed by atoms with E-state index in [0.717, 1.165) is 0 Å². The highest BCUT2D eigenvalue weighted by atomic mass is 19.1. The molecule has 42 heavy (non-hydrogen) atoms. The molecule has 2 rings (SSSR count). The first-order chi connectivity index (χ1) is 20.0. The van der Waals surface area contributed by atoms with E-state index in [9.17, 15) is 48.5 Å². The zero-order valence-electron chi connectivity index (χ0n) is 22.9. The summed E-state index contributed by atoms with van der Waals surface area (Å²) in [6.07, 6.45) is 3.12. The minimum Gasteiger partial charge on any atom is -0.494 e. The Labute approximate surface area is 238 Å². The van der Waals surface area contributed by atoms with Crippen molar-refractivity contribution < 1.29 is 44.0 Å². The summed E-state index contributed by atoms with van der Waals surface area (Å²) in [7, 11) is 0. The maximum absolute atomic E-state index is 13.0. The van der Waals surface area contributed by atoms with E-state index in [2.05, 4.69) is 15.6 Å². The van der Waals surface area contributed by atoms with Crippen LogP contribution in [0.5, 0.6) is 5.88 Å². The van der Waals surface area contributed by atoms with Crippen LogP contribution >= 0.6 is 0 Å². The van der Waals surface area contributed by atoms with Crippen LogP contribution in [-0.2, 0) is 32.1 Å². The highest BCUT2D eigenvalue weighted by Gasteiger charge is 2.30. The number of carbonyl (C=O) groups excluding carboxylic acids is 1. The summed E-state index contributed by atoms with van der Waals surface area (Å²) in [6, 6.07) is -3.05. The molecular formula is C25H35FN6O10. The molecule has 0 bridgehead atoms. The minimum absolute atomic E-state index is 0.169. The van der Waals surface area contributed by atoms with Crippen LogP contribution in [0.3, 0.4) is 0 Å². The van der Waals surface area contributed by atoms with E-state index in [1.165, 1.54) is 0 Å². The van der Waals surface area contributed by atoms with Gasteiger partial charge in [-0.25, -0.2) is 23.5 Å². The van der Waals surface area contributed by atoms with Gasteiger partial charge < -0.3 is 25.7 Å². The number of rotatable bonds is 20. The van der Waals surface area contributed by atoms with E-state index >= 15 is 0 Å². The fourth-order valence-corrected chi connectivity index (χ4v) is 4.27. The molecule has 0 aliphatic heterocycles. The van der Waals surface area contributed by atoms with Crippen molar-refractivity contribution in [3.8, 4) is 5.88 Å². The van der Waals surface area contributed by atoms with Crippen molar-refractivity contribution in [2.24, 2.45) is 0 Å². The molecule has 17 heteroatoms. The van der Waals surface area contributed by atoms with Gasteiger partial charge in [-0.2, -0.15) is 0 Å². The number of aliphatic carboxylic acids is 3. The van der Waals surface area contributed by atoms with Gasteiger partial charge in [-0.15, -0.1) is 5.10 Å². The van der Waals surface area contributed by atoms with Gasteiger partial charge in [0, 0.05) is 32.1 Å². The molecule has 2 heterocycles. The first-order valence-electron chi connectivity index (χ1n) is 13.4. The zero-order chi connectivity index (χ0) is 31.2. The molecule has 0 fully saturated rings. The number of hydrogen-bond donors (Lipinski definition) is 5. The molecule has 5 N–H and O–H groups in total. The number of alkyl halides is 1. The van der Waals surface area contributed by atoms with E-state index in [-0.39, 0.29) is 36.3 Å². The van der Waals surface area contributed by atoms with Gasteiger partial charge in [0.25, 0.3) is 5.56 Å². The predicted octanol–water partition coefficient (Wildman–Crippen LogP) is 0.482. The number of nitrogens with zero attached hydrogens (tertiary/aromatic N) is 5. The van der Waals surface area contributed by atoms with Crippen LogP contribution in [0.2, 0.25) is 0 Å². The fraction of sp³-hybridized carbons (Fsp3) is 0.600. The number of aryl methyl sites for hydroxylation is 2. The standard InChI is InChI=1S/C25H35FN6O10/c26-11-5-6-16-15-30(29-28-16)13-4-2-8-19(33)27-12-3-1-7-17(23(38)39)31-20(34)14-21(35)32(25(31)42)18(24(40)41)9-10-22(36)37/h14-15,17-18,35H,1-13H2,(H,27,33)(H,36,37)(H,38,39)(H,40,41). The highest BCUT2D eigenvalue weighted by Crippen LogP contribution is 2.19. The van der Waals surface area contributed by atoms with Crippen LogP contribution < -0.4 is 16.6 Å². The average Bonchev–Trinajstić information content (AvgIpc) is 3.37. The second-order valence-corrected chi connectivity index (χ2v) is 9.57. The molecule has 16 nitrogen and oxygen atoms in total. The Morgan fingerprint density at radius 2 is 1.60 bits per heavy atom. The van der Waals surface area contributed by atoms with Gasteiger partial charge in [0.2, 0.25) is 11.8 Å². The molecule has 0 aromatic carbocycles. The second kappa shape index (κ2) is 16.6. The van der Waals surface area contributed by atoms with Crippen LogP contribution in [-0.4, -0.2) is 81.6 Å². The lowest BCUT2D eigenvalue weighted by molar-refractivity contribution is -0.142. The molecule has 0 saturated heterocycles. The molecule has 0 radical (unpaired) electrons. The third-order valence-corrected chi connectivity index (χ3v) is 6.39. The number of carbonyl (C=O) groups is 4. The number of unbranched alkanes of at least 4 members (excludes halogenated alkanes) is 2. The number of amides is 1. The van der Waals surface area contributed by atoms with Crippen molar-refractivity contribution in [3.63, 3.8) is 0 Å². The Morgan fingerprint density at radius 1 is 0.905 bits per heavy atom. The summed E-state index contributed by atoms with van der Waals surface area (Å²) >= 11 is 0. The molecular weight excluding hydrogens is 563 g/mol. The Balaban J connectivity index is 1.89. The van der Waals surface area contributed by atoms with Crippen molar-refractivity contribution in [2.75, 3.05) is 13.2 Å². The van der Waals surface area contributed by atoms with Gasteiger partial charge >= 0.3 is 23.6 Å². The molecule has 0 aliphatic rings. The molecule has 2 atom stereocenters. The maximum Gasteiger partial charge on any atom is 0.335 e. The van der Waals surface area contributed by atoms with Gasteiger partial charge in [-0.3, -0.25) is 23.5 Å². The lowest BCUT2D eigenvalue weighted by atomic mass is 10.1. The summed E-state index contributed by atoms with van der Waals surface area (Å²) < 4.78 is 14.5. The fourth-order valence-electron chi connectivity index (χ4n) is 4.27. The lowest BCUT2D eigenvalue weighted by Gasteiger charge is -2.20. The topological polar surface area (TPSA) is 236 Å². The first kappa shape index (κ1) is 33.6. The average molecular weight is 599 g/mol. The largest absolute Gasteiger partial charge is 0.494 e. The molecule has 232 valence electrons. The monoisotopic (exact) mass is 598 g/mol. The molecule has 2 unspecified atom stereocenters. The summed E-state index contributed by atoms with van der Waals surface area (Å²) in [5.41, 5.74) is -1.87. The maximum atomic E-state index is 13.0. The van der Waals surface area contributed by atoms with Crippen molar-refractivity contribution in [3.05, 3.63) is 38.8 Å². The minimum atomic E-state index is -1.86. The van der Waals surface area contributed by atoms with Crippen LogP contribution in [0.4, 0.5) is 4.39 Å². The second-order valence-electron chi connectivity index (χ2n) is 9.57. The van der Waals surface area contributed by atoms with Crippen molar-refractivity contribution in [1.82, 2.24) is 29.4 Å². The Hall–Kier alpha value is -4.57. The van der Waals surface area contributed by atoms with Gasteiger partial charge in [0.1, 0.15) is 12.1 Å². The summed E-state index contributed by atoms with van der Waals surface area (Å²) in [5, 5.41) is 48.7. The number of halogens is 1. The molecule has 1 amide bonds. The molecule has 2 aromatic rings. The van der Waals surface area contributed by atoms with Crippen molar-refractivity contribution in [1.29, 1.82) is 0 Å². The van der Waals surface area contributed by atoms with E-state index < -0.39 is 66.6 Å². The Morgan fingerprint density at radius 3 is 2.24 bits per heavy atom. The van der Waals surface area contributed by atoms with E-state index in [1.807, 2.05) is 0 Å². The third kappa shape index (κ3) is 10.1. The van der Waals surface area contributed by atoms with Crippen molar-refractivity contribution >= 4 is 23.8 Å². The number of carboxylic acid groups (broad SMARTS) is 3. The lowest BCUT2D eigenvalue weighted by Crippen LogP contribution is -2.46. The Bertz CT molecular complexity index is 1350. The smallest absolute Gasteiger partial charge is 0.335 e. The van der Waals surface area contributed by atoms with Gasteiger partial charge in [0.15, 0.2) is 0 Å². The third-order valence-electron chi connectivity index (χ3n) is 6.39. The summed E-state index contributed by atoms with van der Waals surface area (Å²) in [4.78, 5) is 72.1. The highest BCUT2D eigenvalue weighted by molar-refractivity contribution is 5.76. The quantitative estimate of drug-likeness (QED) is 0.131. The number of aromatic nitrogens is 5. The van der Waals surface area contributed by atoms with E-state index in [0.29, 0.717) is 55.0 Å². The number of aromatic hydroxyl groups is 1. The normalized spacial score (nSPS) is 12.5. The van der Waals surface area contributed by atoms with Gasteiger partial charge in [0.05, 0.1) is 18.4 Å². The van der Waals surface area contributed by atoms with E-state index in [1.54, 1.807) is 10.9 Å². The van der Waals surface area contributed by atoms with Crippen LogP contribution in [0.15, 0.2) is 21.9 Å². The van der Waals surface area contributed by atoms with Gasteiger partial charge in [-0.05, 0) is 51.4 Å². The number of hydrogen-bond acceptors (Lipinski definition) is 9. The van der Waals surface area contributed by atoms with Crippen LogP contribution in [0, 0.1) is 0 Å². The zero-order valence-corrected chi connectivity index (χ0v) is 22.9. The van der Waals surface area contributed by atoms with Gasteiger partial charge in [-0.1, -0.05) is 5.21 Å². The number of nitrogens with one attached hydrogen (secondary N) is 1. The summed E-state index contributed by atoms with van der Waals surface area (Å²) in [6.45, 7) is 0.336. The molecule has 0 saturated carbocycles. The van der Waals surface area contributed by atoms with Crippen LogP contribution in [0.1, 0.15) is 75.6 Å². The first-order valence-corrected chi connectivity index (χ1v) is 13.4. The molecule has 2 aromatic heterocycles. The molecule has 0 aliphatic carbocycles. The predicted molar refractivity (Wildman–Crippen MR) is 142 cm³/mol. The number of carboxylic acids is 3. The summed E-state index contributed by atoms with van der Waals surface area (Å²) in [5.74, 6) is -5.81. The van der Waals surface area contributed by atoms with E-state index in [4.69, 9.17) is 5.11 Å². The van der Waals surface area contributed by atoms with Crippen molar-refractivity contribution in [2.45, 2.75) is 82.8 Å². The van der Waals surface area contributed by atoms with Crippen LogP contribution in [0.25, 0.3) is 0 Å².